The first kappa shape index (κ1) is 14.3. The van der Waals surface area contributed by atoms with E-state index in [-0.39, 0.29) is 23.6 Å². The molecule has 0 amide bonds. The predicted molar refractivity (Wildman–Crippen MR) is 75.8 cm³/mol. The van der Waals surface area contributed by atoms with Crippen molar-refractivity contribution < 1.29 is 9.13 Å². The zero-order valence-electron chi connectivity index (χ0n) is 11.9. The Labute approximate surface area is 114 Å². The van der Waals surface area contributed by atoms with E-state index < -0.39 is 0 Å². The molecule has 2 unspecified atom stereocenters. The molecule has 3 nitrogen and oxygen atoms in total. The lowest BCUT2D eigenvalue weighted by atomic mass is 9.82. The van der Waals surface area contributed by atoms with Crippen LogP contribution in [-0.2, 0) is 4.74 Å². The minimum Gasteiger partial charge on any atom is -0.375 e. The molecule has 1 aromatic rings. The maximum absolute atomic E-state index is 14.0. The van der Waals surface area contributed by atoms with Gasteiger partial charge in [-0.1, -0.05) is 12.1 Å². The topological polar surface area (TPSA) is 38.5 Å². The van der Waals surface area contributed by atoms with Gasteiger partial charge in [0, 0.05) is 13.6 Å². The number of rotatable bonds is 3. The van der Waals surface area contributed by atoms with Crippen LogP contribution in [0.25, 0.3) is 0 Å². The van der Waals surface area contributed by atoms with E-state index in [1.807, 2.05) is 18.0 Å². The Morgan fingerprint density at radius 1 is 1.32 bits per heavy atom. The van der Waals surface area contributed by atoms with E-state index in [1.54, 1.807) is 12.1 Å². The second-order valence-electron chi connectivity index (χ2n) is 5.60. The first-order valence-electron chi connectivity index (χ1n) is 6.82. The minimum atomic E-state index is -0.237. The normalized spacial score (nSPS) is 31.2. The van der Waals surface area contributed by atoms with Crippen LogP contribution in [-0.4, -0.2) is 31.3 Å². The summed E-state index contributed by atoms with van der Waals surface area (Å²) >= 11 is 0. The van der Waals surface area contributed by atoms with Crippen molar-refractivity contribution in [3.05, 3.63) is 30.1 Å². The molecule has 0 radical (unpaired) electrons. The van der Waals surface area contributed by atoms with E-state index >= 15 is 0 Å². The monoisotopic (exact) mass is 266 g/mol. The summed E-state index contributed by atoms with van der Waals surface area (Å²) in [5.74, 6) is -0.204. The van der Waals surface area contributed by atoms with Crippen LogP contribution < -0.4 is 10.6 Å². The van der Waals surface area contributed by atoms with Gasteiger partial charge < -0.3 is 15.4 Å². The van der Waals surface area contributed by atoms with Crippen LogP contribution in [0.2, 0.25) is 0 Å². The molecule has 2 rings (SSSR count). The molecule has 1 fully saturated rings. The molecule has 1 aliphatic heterocycles. The smallest absolute Gasteiger partial charge is 0.146 e. The zero-order chi connectivity index (χ0) is 14.0. The molecule has 4 heteroatoms. The highest BCUT2D eigenvalue weighted by molar-refractivity contribution is 5.50. The van der Waals surface area contributed by atoms with E-state index in [2.05, 4.69) is 13.8 Å². The zero-order valence-corrected chi connectivity index (χ0v) is 11.9. The van der Waals surface area contributed by atoms with Crippen molar-refractivity contribution in [2.45, 2.75) is 44.4 Å². The summed E-state index contributed by atoms with van der Waals surface area (Å²) in [6.45, 7) is 4.60. The van der Waals surface area contributed by atoms with E-state index in [0.29, 0.717) is 12.2 Å². The van der Waals surface area contributed by atoms with E-state index in [0.717, 1.165) is 12.8 Å². The van der Waals surface area contributed by atoms with Gasteiger partial charge in [-0.25, -0.2) is 4.39 Å². The number of ether oxygens (including phenoxy) is 1. The molecule has 19 heavy (non-hydrogen) atoms. The number of likely N-dealkylation sites (N-methyl/N-ethyl adjacent to an activating group) is 1. The highest BCUT2D eigenvalue weighted by Gasteiger charge is 2.41. The van der Waals surface area contributed by atoms with Gasteiger partial charge in [0.1, 0.15) is 5.82 Å². The molecule has 0 aliphatic carbocycles. The highest BCUT2D eigenvalue weighted by Crippen LogP contribution is 2.36. The van der Waals surface area contributed by atoms with Gasteiger partial charge >= 0.3 is 0 Å². The second-order valence-corrected chi connectivity index (χ2v) is 5.60. The Bertz CT molecular complexity index is 428. The first-order valence-corrected chi connectivity index (χ1v) is 6.82. The molecular weight excluding hydrogens is 243 g/mol. The molecule has 1 saturated heterocycles. The highest BCUT2D eigenvalue weighted by atomic mass is 19.1. The molecule has 106 valence electrons. The van der Waals surface area contributed by atoms with Gasteiger partial charge in [-0.05, 0) is 38.8 Å². The third-order valence-electron chi connectivity index (χ3n) is 4.10. The number of anilines is 1. The molecule has 1 aromatic carbocycles. The summed E-state index contributed by atoms with van der Waals surface area (Å²) in [7, 11) is 1.93. The predicted octanol–water partition coefficient (Wildman–Crippen LogP) is 2.55. The van der Waals surface area contributed by atoms with Gasteiger partial charge in [0.05, 0.1) is 23.4 Å². The van der Waals surface area contributed by atoms with Gasteiger partial charge in [0.25, 0.3) is 0 Å². The molecule has 0 aromatic heterocycles. The van der Waals surface area contributed by atoms with Crippen molar-refractivity contribution in [1.29, 1.82) is 0 Å². The van der Waals surface area contributed by atoms with Crippen molar-refractivity contribution in [3.63, 3.8) is 0 Å². The molecule has 1 aliphatic rings. The summed E-state index contributed by atoms with van der Waals surface area (Å²) in [6.07, 6.45) is 1.92. The number of nitrogens with two attached hydrogens (primary N) is 1. The summed E-state index contributed by atoms with van der Waals surface area (Å²) < 4.78 is 19.8. The van der Waals surface area contributed by atoms with E-state index in [1.165, 1.54) is 6.07 Å². The van der Waals surface area contributed by atoms with Crippen LogP contribution in [0.4, 0.5) is 10.1 Å². The Morgan fingerprint density at radius 3 is 2.42 bits per heavy atom. The molecule has 2 N–H and O–H groups in total. The van der Waals surface area contributed by atoms with Crippen molar-refractivity contribution >= 4 is 5.69 Å². The van der Waals surface area contributed by atoms with Gasteiger partial charge in [-0.3, -0.25) is 0 Å². The Hall–Kier alpha value is -1.13. The number of benzene rings is 1. The quantitative estimate of drug-likeness (QED) is 0.913. The Kier molecular flexibility index (Phi) is 4.11. The summed E-state index contributed by atoms with van der Waals surface area (Å²) in [6, 6.07) is 6.85. The fourth-order valence-corrected chi connectivity index (χ4v) is 3.20. The maximum atomic E-state index is 14.0. The first-order chi connectivity index (χ1) is 8.98. The van der Waals surface area contributed by atoms with Crippen molar-refractivity contribution in [2.24, 2.45) is 5.73 Å². The van der Waals surface area contributed by atoms with Gasteiger partial charge in [-0.2, -0.15) is 0 Å². The van der Waals surface area contributed by atoms with Crippen LogP contribution in [0.15, 0.2) is 24.3 Å². The van der Waals surface area contributed by atoms with Crippen molar-refractivity contribution in [2.75, 3.05) is 18.5 Å². The van der Waals surface area contributed by atoms with Crippen molar-refractivity contribution in [3.8, 4) is 0 Å². The van der Waals surface area contributed by atoms with Gasteiger partial charge in [-0.15, -0.1) is 0 Å². The average molecular weight is 266 g/mol. The van der Waals surface area contributed by atoms with Crippen LogP contribution in [0.5, 0.6) is 0 Å². The van der Waals surface area contributed by atoms with Gasteiger partial charge in [0.2, 0.25) is 0 Å². The lowest BCUT2D eigenvalue weighted by Crippen LogP contribution is -2.59. The lowest BCUT2D eigenvalue weighted by molar-refractivity contribution is -0.0592. The lowest BCUT2D eigenvalue weighted by Gasteiger charge is -2.49. The van der Waals surface area contributed by atoms with Gasteiger partial charge in [0.15, 0.2) is 0 Å². The van der Waals surface area contributed by atoms with Crippen LogP contribution in [0.3, 0.4) is 0 Å². The maximum Gasteiger partial charge on any atom is 0.146 e. The number of nitrogens with zero attached hydrogens (tertiary/aromatic N) is 1. The number of hydrogen-bond acceptors (Lipinski definition) is 3. The Morgan fingerprint density at radius 2 is 1.89 bits per heavy atom. The molecule has 1 heterocycles. The third-order valence-corrected chi connectivity index (χ3v) is 4.10. The Balaban J connectivity index is 2.33. The van der Waals surface area contributed by atoms with E-state index in [4.69, 9.17) is 10.5 Å². The molecular formula is C15H23FN2O. The average Bonchev–Trinajstić information content (AvgIpc) is 2.37. The van der Waals surface area contributed by atoms with Crippen LogP contribution >= 0.6 is 0 Å². The summed E-state index contributed by atoms with van der Waals surface area (Å²) in [4.78, 5) is 2.00. The fraction of sp³-hybridized carbons (Fsp3) is 0.600. The summed E-state index contributed by atoms with van der Waals surface area (Å²) in [5, 5.41) is 0. The second kappa shape index (κ2) is 5.47. The number of halogens is 1. The SMILES string of the molecule is CC1CC(CN)(N(C)c2ccccc2F)CC(C)O1. The number of para-hydroxylation sites is 1. The largest absolute Gasteiger partial charge is 0.375 e. The van der Waals surface area contributed by atoms with Crippen molar-refractivity contribution in [1.82, 2.24) is 0 Å². The standard InChI is InChI=1S/C15H23FN2O/c1-11-8-15(10-17,9-12(2)19-11)18(3)14-7-5-4-6-13(14)16/h4-7,11-12H,8-10,17H2,1-3H3. The minimum absolute atomic E-state index is 0.140. The van der Waals surface area contributed by atoms with Crippen LogP contribution in [0, 0.1) is 5.82 Å². The molecule has 2 atom stereocenters. The molecule has 0 spiro atoms. The number of hydrogen-bond donors (Lipinski definition) is 1. The molecule has 0 bridgehead atoms. The third kappa shape index (κ3) is 2.74. The fourth-order valence-electron chi connectivity index (χ4n) is 3.20. The summed E-state index contributed by atoms with van der Waals surface area (Å²) in [5.41, 5.74) is 6.40. The molecule has 0 saturated carbocycles. The van der Waals surface area contributed by atoms with E-state index in [9.17, 15) is 4.39 Å². The van der Waals surface area contributed by atoms with Crippen LogP contribution in [0.1, 0.15) is 26.7 Å².